The third-order valence-electron chi connectivity index (χ3n) is 3.84. The molecule has 0 aliphatic carbocycles. The normalized spacial score (nSPS) is 10.4. The summed E-state index contributed by atoms with van der Waals surface area (Å²) in [7, 11) is 1.44. The summed E-state index contributed by atoms with van der Waals surface area (Å²) in [6, 6.07) is 13.5. The predicted octanol–water partition coefficient (Wildman–Crippen LogP) is 2.02. The van der Waals surface area contributed by atoms with Crippen LogP contribution in [0.4, 0.5) is 4.39 Å². The molecule has 138 valence electrons. The van der Waals surface area contributed by atoms with E-state index in [1.165, 1.54) is 25.3 Å². The van der Waals surface area contributed by atoms with Gasteiger partial charge in [-0.1, -0.05) is 30.3 Å². The van der Waals surface area contributed by atoms with E-state index < -0.39 is 23.0 Å². The molecule has 0 spiro atoms. The first-order valence-corrected chi connectivity index (χ1v) is 7.99. The number of aromatic nitrogens is 2. The van der Waals surface area contributed by atoms with Gasteiger partial charge in [-0.2, -0.15) is 9.78 Å². The second-order valence-electron chi connectivity index (χ2n) is 5.57. The minimum Gasteiger partial charge on any atom is -0.505 e. The number of ether oxygens (including phenoxy) is 1. The molecule has 0 aliphatic heterocycles. The van der Waals surface area contributed by atoms with Crippen LogP contribution in [0.1, 0.15) is 16.1 Å². The van der Waals surface area contributed by atoms with Gasteiger partial charge in [-0.3, -0.25) is 9.59 Å². The van der Waals surface area contributed by atoms with Crippen molar-refractivity contribution in [1.82, 2.24) is 15.1 Å². The highest BCUT2D eigenvalue weighted by Gasteiger charge is 2.18. The van der Waals surface area contributed by atoms with E-state index in [1.807, 2.05) is 0 Å². The van der Waals surface area contributed by atoms with Crippen LogP contribution in [-0.4, -0.2) is 27.9 Å². The van der Waals surface area contributed by atoms with Gasteiger partial charge in [0.05, 0.1) is 7.11 Å². The van der Waals surface area contributed by atoms with Crippen LogP contribution in [0.25, 0.3) is 5.69 Å². The Morgan fingerprint density at radius 1 is 1.22 bits per heavy atom. The van der Waals surface area contributed by atoms with Crippen molar-refractivity contribution in [1.29, 1.82) is 0 Å². The van der Waals surface area contributed by atoms with E-state index in [-0.39, 0.29) is 17.8 Å². The molecular weight excluding hydrogens is 353 g/mol. The Kier molecular flexibility index (Phi) is 5.16. The number of hydrogen-bond donors (Lipinski definition) is 2. The van der Waals surface area contributed by atoms with Crippen LogP contribution >= 0.6 is 0 Å². The summed E-state index contributed by atoms with van der Waals surface area (Å²) in [5.41, 5.74) is -0.406. The molecular formula is C19H16FN3O4. The number of nitrogens with one attached hydrogen (secondary N) is 1. The van der Waals surface area contributed by atoms with Gasteiger partial charge in [-0.05, 0) is 18.2 Å². The minimum absolute atomic E-state index is 0.0968. The van der Waals surface area contributed by atoms with Gasteiger partial charge in [-0.15, -0.1) is 0 Å². The number of para-hydroxylation sites is 2. The van der Waals surface area contributed by atoms with Crippen molar-refractivity contribution < 1.29 is 19.0 Å². The van der Waals surface area contributed by atoms with Crippen LogP contribution in [0.2, 0.25) is 0 Å². The summed E-state index contributed by atoms with van der Waals surface area (Å²) < 4.78 is 19.8. The summed E-state index contributed by atoms with van der Waals surface area (Å²) in [4.78, 5) is 24.6. The highest BCUT2D eigenvalue weighted by Crippen LogP contribution is 2.21. The highest BCUT2D eigenvalue weighted by molar-refractivity contribution is 5.94. The first-order chi connectivity index (χ1) is 13.0. The van der Waals surface area contributed by atoms with E-state index in [0.29, 0.717) is 11.4 Å². The molecule has 0 saturated carbocycles. The van der Waals surface area contributed by atoms with Crippen LogP contribution in [-0.2, 0) is 6.54 Å². The number of nitrogens with zero attached hydrogens (tertiary/aromatic N) is 2. The number of amides is 1. The number of aromatic hydroxyl groups is 1. The van der Waals surface area contributed by atoms with Crippen molar-refractivity contribution in [2.24, 2.45) is 0 Å². The van der Waals surface area contributed by atoms with E-state index in [2.05, 4.69) is 10.4 Å². The lowest BCUT2D eigenvalue weighted by Crippen LogP contribution is -2.29. The highest BCUT2D eigenvalue weighted by atomic mass is 19.1. The quantitative estimate of drug-likeness (QED) is 0.718. The average molecular weight is 369 g/mol. The lowest BCUT2D eigenvalue weighted by molar-refractivity contribution is 0.0940. The zero-order valence-corrected chi connectivity index (χ0v) is 14.3. The van der Waals surface area contributed by atoms with Gasteiger partial charge in [-0.25, -0.2) is 4.39 Å². The molecule has 0 atom stereocenters. The smallest absolute Gasteiger partial charge is 0.275 e. The summed E-state index contributed by atoms with van der Waals surface area (Å²) in [6.07, 6.45) is 0. The van der Waals surface area contributed by atoms with Crippen molar-refractivity contribution in [2.45, 2.75) is 6.54 Å². The zero-order valence-electron chi connectivity index (χ0n) is 14.3. The van der Waals surface area contributed by atoms with E-state index in [9.17, 15) is 19.1 Å². The molecule has 3 aromatic rings. The molecule has 7 nitrogen and oxygen atoms in total. The molecule has 0 bridgehead atoms. The monoisotopic (exact) mass is 369 g/mol. The Bertz CT molecular complexity index is 1050. The zero-order chi connectivity index (χ0) is 19.4. The lowest BCUT2D eigenvalue weighted by Gasteiger charge is -2.12. The van der Waals surface area contributed by atoms with Gasteiger partial charge in [0.1, 0.15) is 17.3 Å². The van der Waals surface area contributed by atoms with Crippen LogP contribution in [0.3, 0.4) is 0 Å². The summed E-state index contributed by atoms with van der Waals surface area (Å²) in [6.45, 7) is -0.0968. The molecule has 0 saturated heterocycles. The SMILES string of the molecule is COc1ccccc1-n1nc(C(=O)NCc2ccccc2F)c(O)cc1=O. The predicted molar refractivity (Wildman–Crippen MR) is 95.6 cm³/mol. The van der Waals surface area contributed by atoms with Gasteiger partial charge in [0.15, 0.2) is 11.4 Å². The van der Waals surface area contributed by atoms with E-state index in [1.54, 1.807) is 30.3 Å². The minimum atomic E-state index is -0.751. The summed E-state index contributed by atoms with van der Waals surface area (Å²) >= 11 is 0. The summed E-state index contributed by atoms with van der Waals surface area (Å²) in [5.74, 6) is -1.42. The number of rotatable bonds is 5. The molecule has 0 aliphatic rings. The molecule has 0 fully saturated rings. The maximum absolute atomic E-state index is 13.7. The molecule has 8 heteroatoms. The van der Waals surface area contributed by atoms with Gasteiger partial charge >= 0.3 is 0 Å². The lowest BCUT2D eigenvalue weighted by atomic mass is 10.2. The van der Waals surface area contributed by atoms with E-state index in [4.69, 9.17) is 4.74 Å². The molecule has 1 heterocycles. The van der Waals surface area contributed by atoms with Gasteiger partial charge < -0.3 is 15.2 Å². The number of hydrogen-bond acceptors (Lipinski definition) is 5. The van der Waals surface area contributed by atoms with Gasteiger partial charge in [0.2, 0.25) is 0 Å². The molecule has 1 aromatic heterocycles. The van der Waals surface area contributed by atoms with Crippen molar-refractivity contribution in [3.8, 4) is 17.2 Å². The van der Waals surface area contributed by atoms with Gasteiger partial charge in [0.25, 0.3) is 11.5 Å². The first kappa shape index (κ1) is 18.1. The number of carbonyl (C=O) groups excluding carboxylic acids is 1. The Morgan fingerprint density at radius 3 is 2.67 bits per heavy atom. The molecule has 0 radical (unpaired) electrons. The fourth-order valence-electron chi connectivity index (χ4n) is 2.49. The number of halogens is 1. The average Bonchev–Trinajstić information content (AvgIpc) is 2.67. The standard InChI is InChI=1S/C19H16FN3O4/c1-27-16-9-5-4-8-14(16)23-17(25)10-15(24)18(22-23)19(26)21-11-12-6-2-3-7-13(12)20/h2-10,24H,11H2,1H3,(H,21,26). The van der Waals surface area contributed by atoms with Crippen molar-refractivity contribution >= 4 is 5.91 Å². The third kappa shape index (κ3) is 3.79. The number of benzene rings is 2. The van der Waals surface area contributed by atoms with E-state index >= 15 is 0 Å². The number of carbonyl (C=O) groups is 1. The Labute approximate surface area is 153 Å². The molecule has 1 amide bonds. The Morgan fingerprint density at radius 2 is 1.93 bits per heavy atom. The van der Waals surface area contributed by atoms with Crippen LogP contribution in [0.15, 0.2) is 59.4 Å². The van der Waals surface area contributed by atoms with E-state index in [0.717, 1.165) is 10.7 Å². The molecule has 2 N–H and O–H groups in total. The number of methoxy groups -OCH3 is 1. The molecule has 2 aromatic carbocycles. The second kappa shape index (κ2) is 7.69. The van der Waals surface area contributed by atoms with Crippen LogP contribution in [0, 0.1) is 5.82 Å². The van der Waals surface area contributed by atoms with Crippen molar-refractivity contribution in [2.75, 3.05) is 7.11 Å². The van der Waals surface area contributed by atoms with Crippen molar-refractivity contribution in [3.63, 3.8) is 0 Å². The Hall–Kier alpha value is -3.68. The maximum atomic E-state index is 13.7. The molecule has 27 heavy (non-hydrogen) atoms. The van der Waals surface area contributed by atoms with Crippen molar-refractivity contribution in [3.05, 3.63) is 82.0 Å². The Balaban J connectivity index is 1.93. The maximum Gasteiger partial charge on any atom is 0.275 e. The summed E-state index contributed by atoms with van der Waals surface area (Å²) in [5, 5.41) is 16.4. The van der Waals surface area contributed by atoms with Crippen LogP contribution in [0.5, 0.6) is 11.5 Å². The topological polar surface area (TPSA) is 93.5 Å². The fourth-order valence-corrected chi connectivity index (χ4v) is 2.49. The third-order valence-corrected chi connectivity index (χ3v) is 3.84. The fraction of sp³-hybridized carbons (Fsp3) is 0.105. The van der Waals surface area contributed by atoms with Gasteiger partial charge in [0, 0.05) is 18.2 Å². The molecule has 0 unspecified atom stereocenters. The molecule has 3 rings (SSSR count). The van der Waals surface area contributed by atoms with Crippen LogP contribution < -0.4 is 15.6 Å². The first-order valence-electron chi connectivity index (χ1n) is 7.99. The largest absolute Gasteiger partial charge is 0.505 e. The second-order valence-corrected chi connectivity index (χ2v) is 5.57.